The summed E-state index contributed by atoms with van der Waals surface area (Å²) in [5, 5.41) is 10.8. The first kappa shape index (κ1) is 21.6. The van der Waals surface area contributed by atoms with Gasteiger partial charge in [0.25, 0.3) is 11.7 Å². The standard InChI is InChI=1S/C23H23F2NO4/c1-14(2)30-13-3-12-26-20(15-4-8-17(24)9-5-15)19(22(28)23(26)29)21(27)16-6-10-18(25)11-7-16/h4-11,14,20,27H,3,12-13H2,1-2H3/b21-19-. The van der Waals surface area contributed by atoms with Crippen LogP contribution in [0.4, 0.5) is 8.78 Å². The van der Waals surface area contributed by atoms with E-state index in [2.05, 4.69) is 0 Å². The van der Waals surface area contributed by atoms with Crippen molar-refractivity contribution in [1.82, 2.24) is 4.90 Å². The lowest BCUT2D eigenvalue weighted by molar-refractivity contribution is -0.140. The van der Waals surface area contributed by atoms with Crippen molar-refractivity contribution in [3.05, 3.63) is 76.9 Å². The Balaban J connectivity index is 2.01. The monoisotopic (exact) mass is 415 g/mol. The molecule has 0 radical (unpaired) electrons. The summed E-state index contributed by atoms with van der Waals surface area (Å²) >= 11 is 0. The quantitative estimate of drug-likeness (QED) is 0.319. The van der Waals surface area contributed by atoms with Crippen molar-refractivity contribution in [3.63, 3.8) is 0 Å². The zero-order valence-electron chi connectivity index (χ0n) is 16.8. The smallest absolute Gasteiger partial charge is 0.295 e. The van der Waals surface area contributed by atoms with Gasteiger partial charge < -0.3 is 14.7 Å². The predicted octanol–water partition coefficient (Wildman–Crippen LogP) is 4.20. The summed E-state index contributed by atoms with van der Waals surface area (Å²) in [5.41, 5.74) is 0.594. The molecule has 1 aliphatic heterocycles. The molecule has 5 nitrogen and oxygen atoms in total. The van der Waals surface area contributed by atoms with E-state index < -0.39 is 35.1 Å². The molecule has 1 heterocycles. The van der Waals surface area contributed by atoms with Gasteiger partial charge in [-0.15, -0.1) is 0 Å². The van der Waals surface area contributed by atoms with Crippen LogP contribution in [0.1, 0.15) is 37.4 Å². The minimum atomic E-state index is -0.880. The SMILES string of the molecule is CC(C)OCCCN1C(=O)C(=O)/C(=C(\O)c2ccc(F)cc2)C1c1ccc(F)cc1. The van der Waals surface area contributed by atoms with E-state index in [0.717, 1.165) is 12.1 Å². The second kappa shape index (κ2) is 9.17. The molecule has 1 saturated heterocycles. The van der Waals surface area contributed by atoms with Gasteiger partial charge in [-0.25, -0.2) is 8.78 Å². The molecule has 0 saturated carbocycles. The highest BCUT2D eigenvalue weighted by Gasteiger charge is 2.45. The number of rotatable bonds is 7. The number of carbonyl (C=O) groups excluding carboxylic acids is 2. The fourth-order valence-electron chi connectivity index (χ4n) is 3.42. The molecule has 2 aromatic carbocycles. The molecule has 158 valence electrons. The number of nitrogens with zero attached hydrogens (tertiary/aromatic N) is 1. The highest BCUT2D eigenvalue weighted by atomic mass is 19.1. The summed E-state index contributed by atoms with van der Waals surface area (Å²) in [4.78, 5) is 26.9. The third-order valence-electron chi connectivity index (χ3n) is 4.84. The lowest BCUT2D eigenvalue weighted by Gasteiger charge is -2.25. The van der Waals surface area contributed by atoms with E-state index in [-0.39, 0.29) is 23.8 Å². The number of aliphatic hydroxyl groups is 1. The summed E-state index contributed by atoms with van der Waals surface area (Å²) in [6.07, 6.45) is 0.520. The van der Waals surface area contributed by atoms with E-state index in [0.29, 0.717) is 18.6 Å². The normalized spacial score (nSPS) is 18.4. The van der Waals surface area contributed by atoms with Crippen LogP contribution in [0.5, 0.6) is 0 Å². The molecular formula is C23H23F2NO4. The first-order chi connectivity index (χ1) is 14.3. The molecule has 0 bridgehead atoms. The molecule has 0 aromatic heterocycles. The minimum absolute atomic E-state index is 0.0341. The van der Waals surface area contributed by atoms with Crippen molar-refractivity contribution < 1.29 is 28.2 Å². The van der Waals surface area contributed by atoms with Crippen molar-refractivity contribution in [2.24, 2.45) is 0 Å². The maximum atomic E-state index is 13.4. The molecule has 3 rings (SSSR count). The van der Waals surface area contributed by atoms with E-state index in [1.165, 1.54) is 41.3 Å². The molecule has 1 aliphatic rings. The Morgan fingerprint density at radius 3 is 2.17 bits per heavy atom. The Labute approximate surface area is 173 Å². The molecule has 1 N–H and O–H groups in total. The minimum Gasteiger partial charge on any atom is -0.507 e. The number of ketones is 1. The zero-order chi connectivity index (χ0) is 21.8. The predicted molar refractivity (Wildman–Crippen MR) is 108 cm³/mol. The van der Waals surface area contributed by atoms with Crippen molar-refractivity contribution in [2.45, 2.75) is 32.4 Å². The summed E-state index contributed by atoms with van der Waals surface area (Å²) in [6, 6.07) is 9.50. The average Bonchev–Trinajstić information content (AvgIpc) is 2.96. The Bertz CT molecular complexity index is 952. The van der Waals surface area contributed by atoms with Gasteiger partial charge in [0.2, 0.25) is 0 Å². The Morgan fingerprint density at radius 2 is 1.60 bits per heavy atom. The van der Waals surface area contributed by atoms with Crippen LogP contribution < -0.4 is 0 Å². The highest BCUT2D eigenvalue weighted by Crippen LogP contribution is 2.39. The third kappa shape index (κ3) is 4.57. The Hall–Kier alpha value is -3.06. The number of hydrogen-bond donors (Lipinski definition) is 1. The van der Waals surface area contributed by atoms with Crippen LogP contribution >= 0.6 is 0 Å². The largest absolute Gasteiger partial charge is 0.507 e. The van der Waals surface area contributed by atoms with Crippen LogP contribution in [-0.2, 0) is 14.3 Å². The van der Waals surface area contributed by atoms with Gasteiger partial charge >= 0.3 is 0 Å². The average molecular weight is 415 g/mol. The van der Waals surface area contributed by atoms with E-state index in [1.807, 2.05) is 13.8 Å². The van der Waals surface area contributed by atoms with Crippen LogP contribution in [0.15, 0.2) is 54.1 Å². The van der Waals surface area contributed by atoms with E-state index in [4.69, 9.17) is 4.74 Å². The van der Waals surface area contributed by atoms with Gasteiger partial charge in [-0.05, 0) is 62.2 Å². The van der Waals surface area contributed by atoms with Crippen LogP contribution in [-0.4, -0.2) is 41.0 Å². The topological polar surface area (TPSA) is 66.8 Å². The van der Waals surface area contributed by atoms with E-state index in [9.17, 15) is 23.5 Å². The number of ether oxygens (including phenoxy) is 1. The van der Waals surface area contributed by atoms with Crippen LogP contribution in [0.2, 0.25) is 0 Å². The summed E-state index contributed by atoms with van der Waals surface area (Å²) in [7, 11) is 0. The molecule has 2 aromatic rings. The molecule has 1 atom stereocenters. The number of halogens is 2. The lowest BCUT2D eigenvalue weighted by Crippen LogP contribution is -2.31. The number of amides is 1. The number of hydrogen-bond acceptors (Lipinski definition) is 4. The number of Topliss-reactive ketones (excluding diaryl/α,β-unsaturated/α-hetero) is 1. The number of benzene rings is 2. The van der Waals surface area contributed by atoms with Crippen molar-refractivity contribution in [1.29, 1.82) is 0 Å². The van der Waals surface area contributed by atoms with Gasteiger partial charge in [-0.2, -0.15) is 0 Å². The fraction of sp³-hybridized carbons (Fsp3) is 0.304. The summed E-state index contributed by atoms with van der Waals surface area (Å²) in [6.45, 7) is 4.41. The molecule has 0 aliphatic carbocycles. The highest BCUT2D eigenvalue weighted by molar-refractivity contribution is 6.46. The second-order valence-electron chi connectivity index (χ2n) is 7.32. The van der Waals surface area contributed by atoms with Crippen molar-refractivity contribution in [2.75, 3.05) is 13.2 Å². The first-order valence-electron chi connectivity index (χ1n) is 9.71. The van der Waals surface area contributed by atoms with Gasteiger partial charge in [0.1, 0.15) is 17.4 Å². The van der Waals surface area contributed by atoms with Crippen LogP contribution in [0.25, 0.3) is 5.76 Å². The summed E-state index contributed by atoms with van der Waals surface area (Å²) in [5.74, 6) is -2.94. The van der Waals surface area contributed by atoms with Gasteiger partial charge in [-0.1, -0.05) is 12.1 Å². The van der Waals surface area contributed by atoms with Crippen molar-refractivity contribution in [3.8, 4) is 0 Å². The van der Waals surface area contributed by atoms with Gasteiger partial charge in [0, 0.05) is 18.7 Å². The molecule has 7 heteroatoms. The number of aliphatic hydroxyl groups excluding tert-OH is 1. The molecule has 1 fully saturated rings. The van der Waals surface area contributed by atoms with E-state index >= 15 is 0 Å². The molecule has 30 heavy (non-hydrogen) atoms. The molecule has 1 unspecified atom stereocenters. The first-order valence-corrected chi connectivity index (χ1v) is 9.71. The van der Waals surface area contributed by atoms with Gasteiger partial charge in [0.15, 0.2) is 0 Å². The molecule has 1 amide bonds. The Kier molecular flexibility index (Phi) is 6.62. The fourth-order valence-corrected chi connectivity index (χ4v) is 3.42. The van der Waals surface area contributed by atoms with E-state index in [1.54, 1.807) is 0 Å². The van der Waals surface area contributed by atoms with Crippen LogP contribution in [0, 0.1) is 11.6 Å². The van der Waals surface area contributed by atoms with Crippen molar-refractivity contribution >= 4 is 17.4 Å². The van der Waals surface area contributed by atoms with Crippen LogP contribution in [0.3, 0.4) is 0 Å². The zero-order valence-corrected chi connectivity index (χ0v) is 16.8. The summed E-state index contributed by atoms with van der Waals surface area (Å²) < 4.78 is 32.2. The molecule has 0 spiro atoms. The lowest BCUT2D eigenvalue weighted by atomic mass is 9.95. The maximum absolute atomic E-state index is 13.4. The molecular weight excluding hydrogens is 392 g/mol. The number of likely N-dealkylation sites (tertiary alicyclic amines) is 1. The second-order valence-corrected chi connectivity index (χ2v) is 7.32. The number of carbonyl (C=O) groups is 2. The third-order valence-corrected chi connectivity index (χ3v) is 4.84. The Morgan fingerprint density at radius 1 is 1.03 bits per heavy atom. The maximum Gasteiger partial charge on any atom is 0.295 e. The van der Waals surface area contributed by atoms with Gasteiger partial charge in [-0.3, -0.25) is 9.59 Å². The van der Waals surface area contributed by atoms with Gasteiger partial charge in [0.05, 0.1) is 17.7 Å².